The smallest absolute Gasteiger partial charge is 0.123 e. The van der Waals surface area contributed by atoms with Crippen LogP contribution in [-0.4, -0.2) is 9.97 Å². The number of hydrogen-bond acceptors (Lipinski definition) is 3. The normalized spacial score (nSPS) is 9.65. The van der Waals surface area contributed by atoms with Crippen molar-refractivity contribution in [3.63, 3.8) is 0 Å². The summed E-state index contributed by atoms with van der Waals surface area (Å²) in [5.74, 6) is 0.572. The first kappa shape index (κ1) is 11.0. The van der Waals surface area contributed by atoms with Crippen molar-refractivity contribution >= 4 is 22.4 Å². The van der Waals surface area contributed by atoms with Gasteiger partial charge in [-0.1, -0.05) is 24.3 Å². The number of nitrogens with zero attached hydrogens (tertiary/aromatic N) is 1. The molecule has 0 atom stereocenters. The van der Waals surface area contributed by atoms with Gasteiger partial charge in [-0.2, -0.15) is 0 Å². The molecular formula is C13H14N4. The van der Waals surface area contributed by atoms with Gasteiger partial charge < -0.3 is 16.5 Å². The molecule has 0 spiro atoms. The molecule has 3 aromatic rings. The van der Waals surface area contributed by atoms with E-state index in [1.807, 2.05) is 42.6 Å². The van der Waals surface area contributed by atoms with E-state index in [2.05, 4.69) is 9.97 Å². The number of pyridine rings is 1. The summed E-state index contributed by atoms with van der Waals surface area (Å²) in [5.41, 5.74) is 12.8. The van der Waals surface area contributed by atoms with E-state index in [9.17, 15) is 0 Å². The van der Waals surface area contributed by atoms with Gasteiger partial charge >= 0.3 is 0 Å². The van der Waals surface area contributed by atoms with E-state index >= 15 is 0 Å². The third-order valence-electron chi connectivity index (χ3n) is 2.31. The highest BCUT2D eigenvalue weighted by Crippen LogP contribution is 2.18. The van der Waals surface area contributed by atoms with E-state index in [0.717, 1.165) is 16.6 Å². The maximum atomic E-state index is 5.64. The molecule has 4 nitrogen and oxygen atoms in total. The Morgan fingerprint density at radius 1 is 0.941 bits per heavy atom. The van der Waals surface area contributed by atoms with E-state index in [0.29, 0.717) is 5.82 Å². The molecule has 0 bridgehead atoms. The van der Waals surface area contributed by atoms with Crippen LogP contribution in [0.1, 0.15) is 0 Å². The van der Waals surface area contributed by atoms with Crippen LogP contribution < -0.4 is 11.5 Å². The number of para-hydroxylation sites is 1. The molecule has 0 aliphatic carbocycles. The summed E-state index contributed by atoms with van der Waals surface area (Å²) in [6.07, 6.45) is 3.47. The molecule has 0 amide bonds. The van der Waals surface area contributed by atoms with E-state index in [1.54, 1.807) is 12.3 Å². The SMILES string of the molecule is Nc1c[nH]c2ccccc12.Nc1ccccn1. The first-order valence-corrected chi connectivity index (χ1v) is 5.25. The molecule has 0 saturated heterocycles. The lowest BCUT2D eigenvalue weighted by Gasteiger charge is -1.87. The van der Waals surface area contributed by atoms with Crippen LogP contribution in [0.4, 0.5) is 11.5 Å². The van der Waals surface area contributed by atoms with Crippen LogP contribution in [0.3, 0.4) is 0 Å². The molecule has 0 aliphatic rings. The van der Waals surface area contributed by atoms with Crippen molar-refractivity contribution in [1.29, 1.82) is 0 Å². The third-order valence-corrected chi connectivity index (χ3v) is 2.31. The number of benzene rings is 1. The number of nitrogens with two attached hydrogens (primary N) is 2. The Morgan fingerprint density at radius 2 is 1.71 bits per heavy atom. The van der Waals surface area contributed by atoms with Crippen molar-refractivity contribution < 1.29 is 0 Å². The van der Waals surface area contributed by atoms with E-state index in [1.165, 1.54) is 0 Å². The number of nitrogens with one attached hydrogen (secondary N) is 1. The van der Waals surface area contributed by atoms with Gasteiger partial charge in [0.15, 0.2) is 0 Å². The molecule has 2 heterocycles. The molecular weight excluding hydrogens is 212 g/mol. The van der Waals surface area contributed by atoms with Crippen LogP contribution in [0, 0.1) is 0 Å². The zero-order valence-electron chi connectivity index (χ0n) is 9.30. The summed E-state index contributed by atoms with van der Waals surface area (Å²) >= 11 is 0. The van der Waals surface area contributed by atoms with Gasteiger partial charge in [0.05, 0.1) is 5.69 Å². The number of aromatic amines is 1. The van der Waals surface area contributed by atoms with Gasteiger partial charge in [-0.3, -0.25) is 0 Å². The zero-order chi connectivity index (χ0) is 12.1. The van der Waals surface area contributed by atoms with Gasteiger partial charge in [0, 0.05) is 23.3 Å². The first-order chi connectivity index (χ1) is 8.27. The molecule has 17 heavy (non-hydrogen) atoms. The van der Waals surface area contributed by atoms with Gasteiger partial charge in [-0.25, -0.2) is 4.98 Å². The highest BCUT2D eigenvalue weighted by Gasteiger charge is 1.95. The van der Waals surface area contributed by atoms with Crippen LogP contribution in [0.5, 0.6) is 0 Å². The second-order valence-corrected chi connectivity index (χ2v) is 3.54. The lowest BCUT2D eigenvalue weighted by Crippen LogP contribution is -1.85. The number of anilines is 2. The molecule has 0 aliphatic heterocycles. The molecule has 3 rings (SSSR count). The van der Waals surface area contributed by atoms with E-state index in [-0.39, 0.29) is 0 Å². The number of H-pyrrole nitrogens is 1. The molecule has 5 N–H and O–H groups in total. The average Bonchev–Trinajstić information content (AvgIpc) is 2.74. The van der Waals surface area contributed by atoms with Crippen LogP contribution in [0.25, 0.3) is 10.9 Å². The number of hydrogen-bond donors (Lipinski definition) is 3. The van der Waals surface area contributed by atoms with Gasteiger partial charge in [-0.15, -0.1) is 0 Å². The van der Waals surface area contributed by atoms with Crippen LogP contribution in [0.15, 0.2) is 54.9 Å². The molecule has 2 aromatic heterocycles. The quantitative estimate of drug-likeness (QED) is 0.550. The molecule has 86 valence electrons. The minimum absolute atomic E-state index is 0.572. The summed E-state index contributed by atoms with van der Waals surface area (Å²) in [7, 11) is 0. The standard InChI is InChI=1S/C8H8N2.C5H6N2/c9-7-5-10-8-4-2-1-3-6(7)8;6-5-3-1-2-4-7-5/h1-5,10H,9H2;1-4H,(H2,6,7). The lowest BCUT2D eigenvalue weighted by atomic mass is 10.2. The van der Waals surface area contributed by atoms with Crippen LogP contribution in [0.2, 0.25) is 0 Å². The summed E-state index contributed by atoms with van der Waals surface area (Å²) in [5, 5.41) is 1.10. The third kappa shape index (κ3) is 2.75. The maximum absolute atomic E-state index is 5.64. The van der Waals surface area contributed by atoms with Gasteiger partial charge in [0.1, 0.15) is 5.82 Å². The predicted molar refractivity (Wildman–Crippen MR) is 71.4 cm³/mol. The minimum Gasteiger partial charge on any atom is -0.397 e. The van der Waals surface area contributed by atoms with Crippen molar-refractivity contribution in [1.82, 2.24) is 9.97 Å². The van der Waals surface area contributed by atoms with E-state index < -0.39 is 0 Å². The van der Waals surface area contributed by atoms with Crippen molar-refractivity contribution in [3.05, 3.63) is 54.9 Å². The van der Waals surface area contributed by atoms with Crippen LogP contribution >= 0.6 is 0 Å². The fraction of sp³-hybridized carbons (Fsp3) is 0. The van der Waals surface area contributed by atoms with Crippen LogP contribution in [-0.2, 0) is 0 Å². The first-order valence-electron chi connectivity index (χ1n) is 5.25. The molecule has 0 saturated carbocycles. The Balaban J connectivity index is 0.000000136. The highest BCUT2D eigenvalue weighted by molar-refractivity contribution is 5.90. The maximum Gasteiger partial charge on any atom is 0.123 e. The number of aromatic nitrogens is 2. The minimum atomic E-state index is 0.572. The van der Waals surface area contributed by atoms with Gasteiger partial charge in [0.2, 0.25) is 0 Å². The van der Waals surface area contributed by atoms with Gasteiger partial charge in [0.25, 0.3) is 0 Å². The highest BCUT2D eigenvalue weighted by atomic mass is 14.8. The van der Waals surface area contributed by atoms with Crippen molar-refractivity contribution in [2.45, 2.75) is 0 Å². The zero-order valence-corrected chi connectivity index (χ0v) is 9.30. The Hall–Kier alpha value is -2.49. The fourth-order valence-corrected chi connectivity index (χ4v) is 1.47. The lowest BCUT2D eigenvalue weighted by molar-refractivity contribution is 1.34. The van der Waals surface area contributed by atoms with Gasteiger partial charge in [-0.05, 0) is 18.2 Å². The van der Waals surface area contributed by atoms with Crippen molar-refractivity contribution in [3.8, 4) is 0 Å². The molecule has 0 radical (unpaired) electrons. The number of rotatable bonds is 0. The number of nitrogen functional groups attached to an aromatic ring is 2. The topological polar surface area (TPSA) is 80.7 Å². The molecule has 1 aromatic carbocycles. The predicted octanol–water partition coefficient (Wildman–Crippen LogP) is 2.41. The fourth-order valence-electron chi connectivity index (χ4n) is 1.47. The van der Waals surface area contributed by atoms with Crippen molar-refractivity contribution in [2.24, 2.45) is 0 Å². The molecule has 4 heteroatoms. The Morgan fingerprint density at radius 3 is 2.29 bits per heavy atom. The monoisotopic (exact) mass is 226 g/mol. The molecule has 0 fully saturated rings. The second-order valence-electron chi connectivity index (χ2n) is 3.54. The Labute approximate surface area is 99.3 Å². The number of fused-ring (bicyclic) bond motifs is 1. The summed E-state index contributed by atoms with van der Waals surface area (Å²) in [6, 6.07) is 13.4. The summed E-state index contributed by atoms with van der Waals surface area (Å²) in [4.78, 5) is 6.82. The Bertz CT molecular complexity index is 586. The summed E-state index contributed by atoms with van der Waals surface area (Å²) in [6.45, 7) is 0. The van der Waals surface area contributed by atoms with E-state index in [4.69, 9.17) is 11.5 Å². The summed E-state index contributed by atoms with van der Waals surface area (Å²) < 4.78 is 0. The Kier molecular flexibility index (Phi) is 3.25. The second kappa shape index (κ2) is 5.03. The average molecular weight is 226 g/mol. The van der Waals surface area contributed by atoms with Crippen molar-refractivity contribution in [2.75, 3.05) is 11.5 Å². The largest absolute Gasteiger partial charge is 0.397 e. The molecule has 0 unspecified atom stereocenters.